The lowest BCUT2D eigenvalue weighted by Gasteiger charge is -2.19. The van der Waals surface area contributed by atoms with Crippen LogP contribution in [0.2, 0.25) is 0 Å². The topological polar surface area (TPSA) is 97.8 Å². The van der Waals surface area contributed by atoms with E-state index in [9.17, 15) is 14.7 Å². The fraction of sp³-hybridized carbons (Fsp3) is 0.389. The van der Waals surface area contributed by atoms with Gasteiger partial charge in [-0.15, -0.1) is 11.3 Å². The van der Waals surface area contributed by atoms with Crippen molar-refractivity contribution in [1.29, 1.82) is 0 Å². The summed E-state index contributed by atoms with van der Waals surface area (Å²) in [7, 11) is 0. The molecule has 1 aliphatic rings. The van der Waals surface area contributed by atoms with Crippen molar-refractivity contribution in [1.82, 2.24) is 10.3 Å². The molecule has 1 amide bonds. The first kappa shape index (κ1) is 18.2. The molecule has 2 N–H and O–H groups in total. The second kappa shape index (κ2) is 7.74. The average molecular weight is 376 g/mol. The molecule has 7 nitrogen and oxygen atoms in total. The van der Waals surface area contributed by atoms with Gasteiger partial charge in [-0.2, -0.15) is 0 Å². The van der Waals surface area contributed by atoms with E-state index in [-0.39, 0.29) is 11.6 Å². The number of nitrogens with one attached hydrogen (secondary N) is 1. The van der Waals surface area contributed by atoms with Crippen molar-refractivity contribution in [3.63, 3.8) is 0 Å². The minimum Gasteiger partial charge on any atom is -0.486 e. The SMILES string of the molecule is CC[C@H](C)[C@H](NC(=O)c1csc(-c2ccc3c(c2)OCCO3)n1)C(=O)O. The molecule has 1 aromatic heterocycles. The highest BCUT2D eigenvalue weighted by Crippen LogP contribution is 2.35. The number of nitrogens with zero attached hydrogens (tertiary/aromatic N) is 1. The summed E-state index contributed by atoms with van der Waals surface area (Å²) < 4.78 is 11.1. The number of hydrogen-bond donors (Lipinski definition) is 2. The Labute approximate surface area is 155 Å². The molecule has 2 atom stereocenters. The Kier molecular flexibility index (Phi) is 5.41. The minimum atomic E-state index is -1.05. The molecule has 138 valence electrons. The Morgan fingerprint density at radius 1 is 1.31 bits per heavy atom. The van der Waals surface area contributed by atoms with Crippen molar-refractivity contribution in [2.75, 3.05) is 13.2 Å². The van der Waals surface area contributed by atoms with E-state index < -0.39 is 17.9 Å². The highest BCUT2D eigenvalue weighted by Gasteiger charge is 2.26. The molecule has 0 saturated heterocycles. The molecular weight excluding hydrogens is 356 g/mol. The Morgan fingerprint density at radius 3 is 2.73 bits per heavy atom. The maximum absolute atomic E-state index is 12.4. The molecule has 2 aromatic rings. The van der Waals surface area contributed by atoms with Crippen LogP contribution in [0.15, 0.2) is 23.6 Å². The normalized spacial score (nSPS) is 15.2. The van der Waals surface area contributed by atoms with Crippen LogP contribution in [0.4, 0.5) is 0 Å². The Balaban J connectivity index is 1.77. The number of amides is 1. The maximum Gasteiger partial charge on any atom is 0.326 e. The van der Waals surface area contributed by atoms with Crippen molar-refractivity contribution in [2.45, 2.75) is 26.3 Å². The van der Waals surface area contributed by atoms with Gasteiger partial charge in [-0.05, 0) is 24.1 Å². The fourth-order valence-electron chi connectivity index (χ4n) is 2.59. The number of rotatable bonds is 6. The average Bonchev–Trinajstić information content (AvgIpc) is 3.15. The van der Waals surface area contributed by atoms with Crippen LogP contribution in [0.1, 0.15) is 30.8 Å². The summed E-state index contributed by atoms with van der Waals surface area (Å²) in [6.07, 6.45) is 0.650. The maximum atomic E-state index is 12.4. The number of carboxylic acid groups (broad SMARTS) is 1. The third-order valence-corrected chi connectivity index (χ3v) is 5.18. The predicted molar refractivity (Wildman–Crippen MR) is 96.9 cm³/mol. The van der Waals surface area contributed by atoms with Crippen LogP contribution < -0.4 is 14.8 Å². The molecule has 0 saturated carbocycles. The van der Waals surface area contributed by atoms with Crippen LogP contribution >= 0.6 is 11.3 Å². The van der Waals surface area contributed by atoms with Gasteiger partial charge in [0.1, 0.15) is 30.0 Å². The molecule has 1 aromatic carbocycles. The zero-order chi connectivity index (χ0) is 18.7. The lowest BCUT2D eigenvalue weighted by atomic mass is 9.99. The number of benzene rings is 1. The number of aliphatic carboxylic acids is 1. The van der Waals surface area contributed by atoms with Gasteiger partial charge in [-0.1, -0.05) is 20.3 Å². The Morgan fingerprint density at radius 2 is 2.04 bits per heavy atom. The first-order chi connectivity index (χ1) is 12.5. The molecule has 1 aliphatic heterocycles. The van der Waals surface area contributed by atoms with Crippen molar-refractivity contribution in [3.05, 3.63) is 29.3 Å². The lowest BCUT2D eigenvalue weighted by Crippen LogP contribution is -2.45. The molecule has 0 spiro atoms. The van der Waals surface area contributed by atoms with Crippen LogP contribution in [0.25, 0.3) is 10.6 Å². The number of carbonyl (C=O) groups excluding carboxylic acids is 1. The van der Waals surface area contributed by atoms with E-state index in [4.69, 9.17) is 9.47 Å². The summed E-state index contributed by atoms with van der Waals surface area (Å²) >= 11 is 1.32. The number of fused-ring (bicyclic) bond motifs is 1. The predicted octanol–water partition coefficient (Wildman–Crippen LogP) is 2.81. The van der Waals surface area contributed by atoms with Gasteiger partial charge in [-0.25, -0.2) is 9.78 Å². The van der Waals surface area contributed by atoms with E-state index in [0.717, 1.165) is 5.56 Å². The van der Waals surface area contributed by atoms with Crippen molar-refractivity contribution >= 4 is 23.2 Å². The van der Waals surface area contributed by atoms with Crippen LogP contribution in [-0.4, -0.2) is 41.2 Å². The summed E-state index contributed by atoms with van der Waals surface area (Å²) in [5.41, 5.74) is 1.02. The van der Waals surface area contributed by atoms with Gasteiger partial charge in [0.05, 0.1) is 0 Å². The van der Waals surface area contributed by atoms with Crippen LogP contribution in [0, 0.1) is 5.92 Å². The van der Waals surface area contributed by atoms with Gasteiger partial charge in [0.2, 0.25) is 0 Å². The molecular formula is C18H20N2O5S. The standard InChI is InChI=1S/C18H20N2O5S/c1-3-10(2)15(18(22)23)20-16(21)12-9-26-17(19-12)11-4-5-13-14(8-11)25-7-6-24-13/h4-5,8-10,15H,3,6-7H2,1-2H3,(H,20,21)(H,22,23)/t10-,15-/m0/s1. The van der Waals surface area contributed by atoms with Gasteiger partial charge in [0.15, 0.2) is 11.5 Å². The molecule has 0 unspecified atom stereocenters. The number of ether oxygens (including phenoxy) is 2. The number of carboxylic acids is 1. The van der Waals surface area contributed by atoms with Crippen LogP contribution in [0.5, 0.6) is 11.5 Å². The van der Waals surface area contributed by atoms with Crippen LogP contribution in [0.3, 0.4) is 0 Å². The number of carbonyl (C=O) groups is 2. The first-order valence-electron chi connectivity index (χ1n) is 8.38. The number of hydrogen-bond acceptors (Lipinski definition) is 6. The molecule has 0 fully saturated rings. The molecule has 8 heteroatoms. The first-order valence-corrected chi connectivity index (χ1v) is 9.26. The summed E-state index contributed by atoms with van der Waals surface area (Å²) in [4.78, 5) is 28.1. The third-order valence-electron chi connectivity index (χ3n) is 4.29. The summed E-state index contributed by atoms with van der Waals surface area (Å²) in [5, 5.41) is 14.1. The van der Waals surface area contributed by atoms with E-state index >= 15 is 0 Å². The second-order valence-corrected chi connectivity index (χ2v) is 6.93. The van der Waals surface area contributed by atoms with E-state index in [0.29, 0.717) is 36.1 Å². The van der Waals surface area contributed by atoms with Gasteiger partial charge >= 0.3 is 5.97 Å². The zero-order valence-electron chi connectivity index (χ0n) is 14.5. The Bertz CT molecular complexity index is 820. The highest BCUT2D eigenvalue weighted by atomic mass is 32.1. The minimum absolute atomic E-state index is 0.174. The molecule has 0 aliphatic carbocycles. The lowest BCUT2D eigenvalue weighted by molar-refractivity contribution is -0.140. The number of aromatic nitrogens is 1. The van der Waals surface area contributed by atoms with Gasteiger partial charge in [0.25, 0.3) is 5.91 Å². The molecule has 26 heavy (non-hydrogen) atoms. The third kappa shape index (κ3) is 3.80. The van der Waals surface area contributed by atoms with Crippen molar-refractivity contribution in [3.8, 4) is 22.1 Å². The molecule has 2 heterocycles. The van der Waals surface area contributed by atoms with Gasteiger partial charge in [0, 0.05) is 10.9 Å². The zero-order valence-corrected chi connectivity index (χ0v) is 15.3. The van der Waals surface area contributed by atoms with Gasteiger partial charge < -0.3 is 19.9 Å². The van der Waals surface area contributed by atoms with Crippen molar-refractivity contribution in [2.24, 2.45) is 5.92 Å². The summed E-state index contributed by atoms with van der Waals surface area (Å²) in [5.74, 6) is -0.370. The summed E-state index contributed by atoms with van der Waals surface area (Å²) in [6, 6.07) is 4.56. The summed E-state index contributed by atoms with van der Waals surface area (Å²) in [6.45, 7) is 4.69. The fourth-order valence-corrected chi connectivity index (χ4v) is 3.38. The molecule has 0 radical (unpaired) electrons. The quantitative estimate of drug-likeness (QED) is 0.805. The second-order valence-electron chi connectivity index (χ2n) is 6.07. The monoisotopic (exact) mass is 376 g/mol. The van der Waals surface area contributed by atoms with Gasteiger partial charge in [-0.3, -0.25) is 4.79 Å². The van der Waals surface area contributed by atoms with Crippen molar-refractivity contribution < 1.29 is 24.2 Å². The largest absolute Gasteiger partial charge is 0.486 e. The number of thiazole rings is 1. The smallest absolute Gasteiger partial charge is 0.326 e. The van der Waals surface area contributed by atoms with E-state index in [2.05, 4.69) is 10.3 Å². The molecule has 0 bridgehead atoms. The van der Waals surface area contributed by atoms with E-state index in [1.165, 1.54) is 11.3 Å². The molecule has 3 rings (SSSR count). The highest BCUT2D eigenvalue weighted by molar-refractivity contribution is 7.13. The van der Waals surface area contributed by atoms with E-state index in [1.54, 1.807) is 12.3 Å². The van der Waals surface area contributed by atoms with E-state index in [1.807, 2.05) is 25.1 Å². The van der Waals surface area contributed by atoms with Crippen LogP contribution in [-0.2, 0) is 4.79 Å². The Hall–Kier alpha value is -2.61.